The summed E-state index contributed by atoms with van der Waals surface area (Å²) in [5, 5.41) is 0. The van der Waals surface area contributed by atoms with Crippen molar-refractivity contribution in [2.75, 3.05) is 13.7 Å². The molecule has 1 aromatic heterocycles. The first-order valence-corrected chi connectivity index (χ1v) is 15.3. The van der Waals surface area contributed by atoms with E-state index in [0.717, 1.165) is 37.2 Å². The molecule has 3 heteroatoms. The number of ether oxygens (including phenoxy) is 1. The fourth-order valence-electron chi connectivity index (χ4n) is 6.31. The Balaban J connectivity index is 1.71. The Morgan fingerprint density at radius 1 is 1.09 bits per heavy atom. The third kappa shape index (κ3) is 8.63. The summed E-state index contributed by atoms with van der Waals surface area (Å²) < 4.78 is 5.37. The molecule has 3 rings (SSSR count). The third-order valence-electron chi connectivity index (χ3n) is 8.27. The fraction of sp³-hybridized carbons (Fsp3) is 0.774. The Kier molecular flexibility index (Phi) is 12.4. The van der Waals surface area contributed by atoms with Gasteiger partial charge in [-0.3, -0.25) is 4.99 Å². The van der Waals surface area contributed by atoms with Crippen molar-refractivity contribution in [3.63, 3.8) is 0 Å². The molecule has 0 radical (unpaired) electrons. The number of allylic oxidation sites excluding steroid dienone is 2. The highest BCUT2D eigenvalue weighted by atomic mass is 32.1. The lowest BCUT2D eigenvalue weighted by Crippen LogP contribution is -2.14. The first kappa shape index (κ1) is 27.7. The third-order valence-corrected chi connectivity index (χ3v) is 9.49. The molecule has 0 amide bonds. The van der Waals surface area contributed by atoms with E-state index in [4.69, 9.17) is 9.73 Å². The number of nitrogens with zero attached hydrogens (tertiary/aromatic N) is 1. The number of aliphatic imine (C=N–C) groups is 1. The summed E-state index contributed by atoms with van der Waals surface area (Å²) in [4.78, 5) is 8.34. The van der Waals surface area contributed by atoms with Gasteiger partial charge in [0.15, 0.2) is 0 Å². The van der Waals surface area contributed by atoms with Gasteiger partial charge in [0, 0.05) is 40.4 Å². The second kappa shape index (κ2) is 15.2. The molecule has 1 aromatic rings. The van der Waals surface area contributed by atoms with E-state index in [9.17, 15) is 0 Å². The van der Waals surface area contributed by atoms with E-state index in [1.807, 2.05) is 7.11 Å². The van der Waals surface area contributed by atoms with Gasteiger partial charge in [-0.15, -0.1) is 11.3 Å². The van der Waals surface area contributed by atoms with E-state index in [1.165, 1.54) is 112 Å². The summed E-state index contributed by atoms with van der Waals surface area (Å²) in [7, 11) is 1.84. The molecule has 34 heavy (non-hydrogen) atoms. The van der Waals surface area contributed by atoms with Crippen molar-refractivity contribution < 1.29 is 4.74 Å². The van der Waals surface area contributed by atoms with Gasteiger partial charge in [-0.25, -0.2) is 0 Å². The molecular formula is C31H51NOS. The topological polar surface area (TPSA) is 21.6 Å². The summed E-state index contributed by atoms with van der Waals surface area (Å²) >= 11 is 2.05. The molecule has 1 heterocycles. The van der Waals surface area contributed by atoms with E-state index in [2.05, 4.69) is 44.3 Å². The maximum atomic E-state index is 5.37. The zero-order chi connectivity index (χ0) is 24.2. The van der Waals surface area contributed by atoms with Gasteiger partial charge in [0.2, 0.25) is 0 Å². The number of aryl methyl sites for hydroxylation is 1. The van der Waals surface area contributed by atoms with Crippen LogP contribution in [0.15, 0.2) is 22.8 Å². The van der Waals surface area contributed by atoms with E-state index >= 15 is 0 Å². The summed E-state index contributed by atoms with van der Waals surface area (Å²) in [6.45, 7) is 7.69. The minimum atomic E-state index is 0.789. The monoisotopic (exact) mass is 485 g/mol. The lowest BCUT2D eigenvalue weighted by molar-refractivity contribution is 0.176. The van der Waals surface area contributed by atoms with Crippen molar-refractivity contribution in [3.05, 3.63) is 33.2 Å². The average Bonchev–Trinajstić information content (AvgIpc) is 3.52. The maximum Gasteiger partial charge on any atom is 0.0490 e. The molecule has 2 nitrogen and oxygen atoms in total. The number of rotatable bonds is 14. The normalized spacial score (nSPS) is 19.8. The first-order chi connectivity index (χ1) is 16.6. The number of hydrogen-bond donors (Lipinski definition) is 0. The zero-order valence-electron chi connectivity index (χ0n) is 22.7. The van der Waals surface area contributed by atoms with Crippen LogP contribution < -0.4 is 0 Å². The summed E-state index contributed by atoms with van der Waals surface area (Å²) in [5.74, 6) is 2.61. The Hall–Kier alpha value is -0.930. The van der Waals surface area contributed by atoms with Crippen molar-refractivity contribution in [3.8, 4) is 0 Å². The SMILES string of the molecule is CCC/C=C(\C)N=C(CCCC(CCCOC)C1CCCC1)c1cc(C2CCCCC2)sc1C. The van der Waals surface area contributed by atoms with Crippen molar-refractivity contribution >= 4 is 17.0 Å². The van der Waals surface area contributed by atoms with E-state index in [-0.39, 0.29) is 0 Å². The fourth-order valence-corrected chi connectivity index (χ4v) is 7.53. The van der Waals surface area contributed by atoms with Crippen LogP contribution in [0.4, 0.5) is 0 Å². The van der Waals surface area contributed by atoms with Crippen LogP contribution in [-0.2, 0) is 4.74 Å². The van der Waals surface area contributed by atoms with Crippen molar-refractivity contribution in [1.82, 2.24) is 0 Å². The van der Waals surface area contributed by atoms with Gasteiger partial charge in [0.05, 0.1) is 0 Å². The molecule has 0 aliphatic heterocycles. The largest absolute Gasteiger partial charge is 0.385 e. The Morgan fingerprint density at radius 2 is 1.79 bits per heavy atom. The minimum Gasteiger partial charge on any atom is -0.385 e. The van der Waals surface area contributed by atoms with E-state index in [1.54, 1.807) is 4.88 Å². The number of hydrogen-bond acceptors (Lipinski definition) is 3. The quantitative estimate of drug-likeness (QED) is 0.190. The Bertz CT molecular complexity index is 764. The highest BCUT2D eigenvalue weighted by Crippen LogP contribution is 2.39. The van der Waals surface area contributed by atoms with Crippen LogP contribution in [0.1, 0.15) is 138 Å². The van der Waals surface area contributed by atoms with Gasteiger partial charge < -0.3 is 4.74 Å². The molecule has 0 saturated heterocycles. The lowest BCUT2D eigenvalue weighted by atomic mass is 9.83. The van der Waals surface area contributed by atoms with Crippen molar-refractivity contribution in [2.24, 2.45) is 16.8 Å². The molecule has 0 spiro atoms. The first-order valence-electron chi connectivity index (χ1n) is 14.5. The summed E-state index contributed by atoms with van der Waals surface area (Å²) in [5.41, 5.74) is 4.00. The van der Waals surface area contributed by atoms with E-state index < -0.39 is 0 Å². The average molecular weight is 486 g/mol. The van der Waals surface area contributed by atoms with E-state index in [0.29, 0.717) is 0 Å². The second-order valence-electron chi connectivity index (χ2n) is 11.0. The van der Waals surface area contributed by atoms with Gasteiger partial charge in [-0.1, -0.05) is 64.4 Å². The van der Waals surface area contributed by atoms with Crippen LogP contribution >= 0.6 is 11.3 Å². The Labute approximate surface area is 214 Å². The highest BCUT2D eigenvalue weighted by molar-refractivity contribution is 7.12. The van der Waals surface area contributed by atoms with Crippen molar-refractivity contribution in [2.45, 2.75) is 129 Å². The molecule has 0 N–H and O–H groups in total. The number of methoxy groups -OCH3 is 1. The minimum absolute atomic E-state index is 0.789. The molecule has 192 valence electrons. The van der Waals surface area contributed by atoms with Crippen LogP contribution in [0.2, 0.25) is 0 Å². The van der Waals surface area contributed by atoms with Gasteiger partial charge >= 0.3 is 0 Å². The van der Waals surface area contributed by atoms with Crippen LogP contribution in [0.25, 0.3) is 0 Å². The van der Waals surface area contributed by atoms with Crippen LogP contribution in [0, 0.1) is 18.8 Å². The molecular weight excluding hydrogens is 434 g/mol. The molecule has 1 atom stereocenters. The van der Waals surface area contributed by atoms with Crippen LogP contribution in [0.3, 0.4) is 0 Å². The summed E-state index contributed by atoms with van der Waals surface area (Å²) in [6, 6.07) is 2.54. The molecule has 2 fully saturated rings. The molecule has 0 aromatic carbocycles. The Morgan fingerprint density at radius 3 is 2.50 bits per heavy atom. The smallest absolute Gasteiger partial charge is 0.0490 e. The van der Waals surface area contributed by atoms with Crippen LogP contribution in [-0.4, -0.2) is 19.4 Å². The molecule has 1 unspecified atom stereocenters. The predicted octanol–water partition coefficient (Wildman–Crippen LogP) is 10.0. The van der Waals surface area contributed by atoms with Gasteiger partial charge in [0.25, 0.3) is 0 Å². The van der Waals surface area contributed by atoms with Crippen molar-refractivity contribution in [1.29, 1.82) is 0 Å². The highest BCUT2D eigenvalue weighted by Gasteiger charge is 2.25. The second-order valence-corrected chi connectivity index (χ2v) is 12.3. The maximum absolute atomic E-state index is 5.37. The number of unbranched alkanes of at least 4 members (excludes halogenated alkanes) is 1. The van der Waals surface area contributed by atoms with Gasteiger partial charge in [0.1, 0.15) is 0 Å². The molecule has 2 saturated carbocycles. The summed E-state index contributed by atoms with van der Waals surface area (Å²) in [6.07, 6.45) is 23.7. The molecule has 2 aliphatic carbocycles. The lowest BCUT2D eigenvalue weighted by Gasteiger charge is -2.23. The van der Waals surface area contributed by atoms with Crippen LogP contribution in [0.5, 0.6) is 0 Å². The predicted molar refractivity (Wildman–Crippen MR) is 150 cm³/mol. The molecule has 0 bridgehead atoms. The standard InChI is InChI=1S/C31H51NOS/c1-5-6-14-24(2)32-30(29-23-31(34-25(29)3)28-17-8-7-9-18-28)21-12-19-27(20-13-22-33-4)26-15-10-11-16-26/h14,23,26-28H,5-13,15-22H2,1-4H3/b24-14+,32-30?. The zero-order valence-corrected chi connectivity index (χ0v) is 23.5. The number of thiophene rings is 1. The van der Waals surface area contributed by atoms with Gasteiger partial charge in [-0.2, -0.15) is 0 Å². The molecule has 2 aliphatic rings. The van der Waals surface area contributed by atoms with Gasteiger partial charge in [-0.05, 0) is 89.0 Å².